The fourth-order valence-electron chi connectivity index (χ4n) is 4.98. The summed E-state index contributed by atoms with van der Waals surface area (Å²) in [6, 6.07) is 4.33. The molecular formula is C25H31N7O5S2. The number of nitrogens with two attached hydrogens (primary N) is 1. The van der Waals surface area contributed by atoms with Gasteiger partial charge in [0.25, 0.3) is 5.91 Å². The SMILES string of the molecule is CCOC(=O)CC1CN(S(=O)(=O)n2cc3ccc(C(=N)N)cc3c2)CCN1C(=O)c1nc2c(s1)CN(C)CC2. The predicted octanol–water partition coefficient (Wildman–Crippen LogP) is 1.24. The van der Waals surface area contributed by atoms with Crippen molar-refractivity contribution in [1.82, 2.24) is 23.1 Å². The number of ether oxygens (including phenoxy) is 1. The molecule has 1 amide bonds. The molecule has 12 nitrogen and oxygen atoms in total. The summed E-state index contributed by atoms with van der Waals surface area (Å²) in [5.41, 5.74) is 7.00. The zero-order valence-corrected chi connectivity index (χ0v) is 23.4. The molecule has 208 valence electrons. The molecular weight excluding hydrogens is 542 g/mol. The zero-order valence-electron chi connectivity index (χ0n) is 21.8. The summed E-state index contributed by atoms with van der Waals surface area (Å²) in [6.07, 6.45) is 3.62. The van der Waals surface area contributed by atoms with E-state index < -0.39 is 22.2 Å². The van der Waals surface area contributed by atoms with E-state index in [0.717, 1.165) is 34.1 Å². The van der Waals surface area contributed by atoms with Gasteiger partial charge < -0.3 is 20.3 Å². The van der Waals surface area contributed by atoms with Gasteiger partial charge in [0.2, 0.25) is 0 Å². The number of carbonyl (C=O) groups excluding carboxylic acids is 2. The smallest absolute Gasteiger partial charge is 0.307 e. The molecule has 3 aromatic rings. The van der Waals surface area contributed by atoms with Crippen LogP contribution in [0.1, 0.15) is 39.3 Å². The lowest BCUT2D eigenvalue weighted by Crippen LogP contribution is -2.57. The summed E-state index contributed by atoms with van der Waals surface area (Å²) in [5.74, 6) is -0.904. The number of hydrogen-bond acceptors (Lipinski definition) is 9. The molecule has 2 aliphatic rings. The van der Waals surface area contributed by atoms with Crippen LogP contribution < -0.4 is 5.73 Å². The number of hydrogen-bond donors (Lipinski definition) is 2. The second kappa shape index (κ2) is 10.7. The monoisotopic (exact) mass is 573 g/mol. The number of amides is 1. The summed E-state index contributed by atoms with van der Waals surface area (Å²) < 4.78 is 34.8. The Labute approximate surface area is 230 Å². The maximum Gasteiger partial charge on any atom is 0.307 e. The highest BCUT2D eigenvalue weighted by Crippen LogP contribution is 2.28. The number of rotatable bonds is 7. The molecule has 4 heterocycles. The fourth-order valence-corrected chi connectivity index (χ4v) is 7.56. The van der Waals surface area contributed by atoms with Gasteiger partial charge in [-0.25, -0.2) is 8.96 Å². The van der Waals surface area contributed by atoms with E-state index in [1.165, 1.54) is 28.0 Å². The normalized spacial score (nSPS) is 18.7. The first-order valence-corrected chi connectivity index (χ1v) is 14.9. The van der Waals surface area contributed by atoms with E-state index in [4.69, 9.17) is 15.9 Å². The van der Waals surface area contributed by atoms with E-state index in [2.05, 4.69) is 9.88 Å². The first kappa shape index (κ1) is 27.2. The second-order valence-electron chi connectivity index (χ2n) is 9.75. The van der Waals surface area contributed by atoms with Gasteiger partial charge in [0.15, 0.2) is 5.01 Å². The molecule has 2 aliphatic heterocycles. The van der Waals surface area contributed by atoms with Crippen LogP contribution in [0.15, 0.2) is 30.6 Å². The number of nitrogens with one attached hydrogen (secondary N) is 1. The van der Waals surface area contributed by atoms with Gasteiger partial charge in [-0.3, -0.25) is 15.0 Å². The summed E-state index contributed by atoms with van der Waals surface area (Å²) in [6.45, 7) is 3.61. The molecule has 0 saturated carbocycles. The van der Waals surface area contributed by atoms with Gasteiger partial charge in [-0.15, -0.1) is 11.3 Å². The lowest BCUT2D eigenvalue weighted by Gasteiger charge is -2.40. The van der Waals surface area contributed by atoms with Crippen molar-refractivity contribution in [2.24, 2.45) is 5.73 Å². The standard InChI is InChI=1S/C25H31N7O5S2/c1-3-37-22(33)11-19-14-30(39(35,36)31-12-17-5-4-16(23(26)27)10-18(17)13-31)8-9-32(19)25(34)24-28-20-6-7-29(2)15-21(20)38-24/h4-5,10,12-13,19H,3,6-9,11,14-15H2,1-2H3,(H3,26,27). The Morgan fingerprint density at radius 1 is 1.21 bits per heavy atom. The molecule has 3 N–H and O–H groups in total. The predicted molar refractivity (Wildman–Crippen MR) is 147 cm³/mol. The minimum atomic E-state index is -4.00. The quantitative estimate of drug-likeness (QED) is 0.243. The summed E-state index contributed by atoms with van der Waals surface area (Å²) in [7, 11) is -1.98. The van der Waals surface area contributed by atoms with E-state index in [-0.39, 0.29) is 44.4 Å². The number of nitrogen functional groups attached to an aromatic ring is 1. The number of amidine groups is 1. The Kier molecular flexibility index (Phi) is 7.46. The van der Waals surface area contributed by atoms with Crippen molar-refractivity contribution in [1.29, 1.82) is 5.41 Å². The van der Waals surface area contributed by atoms with E-state index in [9.17, 15) is 18.0 Å². The molecule has 1 saturated heterocycles. The average Bonchev–Trinajstić information content (AvgIpc) is 3.52. The molecule has 1 fully saturated rings. The lowest BCUT2D eigenvalue weighted by atomic mass is 10.1. The van der Waals surface area contributed by atoms with Crippen LogP contribution in [0.5, 0.6) is 0 Å². The molecule has 14 heteroatoms. The Hall–Kier alpha value is -3.33. The molecule has 0 bridgehead atoms. The van der Waals surface area contributed by atoms with Crippen LogP contribution in [-0.2, 0) is 32.7 Å². The van der Waals surface area contributed by atoms with E-state index in [1.807, 2.05) is 7.05 Å². The maximum absolute atomic E-state index is 13.6. The summed E-state index contributed by atoms with van der Waals surface area (Å²) >= 11 is 1.36. The van der Waals surface area contributed by atoms with E-state index in [1.54, 1.807) is 30.0 Å². The summed E-state index contributed by atoms with van der Waals surface area (Å²) in [5, 5.41) is 9.31. The van der Waals surface area contributed by atoms with Gasteiger partial charge in [0.05, 0.1) is 24.8 Å². The average molecular weight is 574 g/mol. The molecule has 0 spiro atoms. The minimum absolute atomic E-state index is 0.0616. The lowest BCUT2D eigenvalue weighted by molar-refractivity contribution is -0.144. The number of carbonyl (C=O) groups is 2. The van der Waals surface area contributed by atoms with Crippen LogP contribution >= 0.6 is 11.3 Å². The van der Waals surface area contributed by atoms with Gasteiger partial charge in [0.1, 0.15) is 5.84 Å². The van der Waals surface area contributed by atoms with E-state index in [0.29, 0.717) is 21.3 Å². The number of fused-ring (bicyclic) bond motifs is 2. The second-order valence-corrected chi connectivity index (χ2v) is 12.7. The Morgan fingerprint density at radius 2 is 1.97 bits per heavy atom. The molecule has 0 aliphatic carbocycles. The highest BCUT2D eigenvalue weighted by Gasteiger charge is 2.39. The van der Waals surface area contributed by atoms with E-state index >= 15 is 0 Å². The molecule has 5 rings (SSSR count). The van der Waals surface area contributed by atoms with Crippen molar-refractivity contribution in [3.8, 4) is 0 Å². The largest absolute Gasteiger partial charge is 0.466 e. The zero-order chi connectivity index (χ0) is 27.9. The number of esters is 1. The third-order valence-electron chi connectivity index (χ3n) is 7.04. The molecule has 2 aromatic heterocycles. The third kappa shape index (κ3) is 5.41. The van der Waals surface area contributed by atoms with Crippen LogP contribution in [0.4, 0.5) is 0 Å². The molecule has 39 heavy (non-hydrogen) atoms. The maximum atomic E-state index is 13.6. The van der Waals surface area contributed by atoms with Crippen LogP contribution in [0.3, 0.4) is 0 Å². The van der Waals surface area contributed by atoms with Crippen LogP contribution in [0.25, 0.3) is 10.8 Å². The van der Waals surface area contributed by atoms with Crippen molar-refractivity contribution in [2.45, 2.75) is 32.4 Å². The molecule has 0 radical (unpaired) electrons. The van der Waals surface area contributed by atoms with Crippen molar-refractivity contribution in [3.05, 3.63) is 51.7 Å². The Balaban J connectivity index is 1.40. The Bertz CT molecular complexity index is 1550. The number of likely N-dealkylation sites (N-methyl/N-ethyl adjacent to an activating group) is 1. The van der Waals surface area contributed by atoms with Crippen molar-refractivity contribution in [3.63, 3.8) is 0 Å². The first-order valence-electron chi connectivity index (χ1n) is 12.7. The molecule has 1 unspecified atom stereocenters. The molecule has 1 atom stereocenters. The van der Waals surface area contributed by atoms with Gasteiger partial charge in [-0.2, -0.15) is 12.7 Å². The summed E-state index contributed by atoms with van der Waals surface area (Å²) in [4.78, 5) is 35.4. The fraction of sp³-hybridized carbons (Fsp3) is 0.440. The van der Waals surface area contributed by atoms with Crippen LogP contribution in [0, 0.1) is 5.41 Å². The van der Waals surface area contributed by atoms with Crippen LogP contribution in [-0.4, -0.2) is 95.1 Å². The highest BCUT2D eigenvalue weighted by molar-refractivity contribution is 7.87. The molecule has 1 aromatic carbocycles. The topological polar surface area (TPSA) is 155 Å². The number of thiazole rings is 1. The number of nitrogens with zero attached hydrogens (tertiary/aromatic N) is 5. The number of piperazine rings is 1. The van der Waals surface area contributed by atoms with Crippen LogP contribution in [0.2, 0.25) is 0 Å². The Morgan fingerprint density at radius 3 is 2.72 bits per heavy atom. The number of benzene rings is 1. The van der Waals surface area contributed by atoms with Gasteiger partial charge in [-0.1, -0.05) is 12.1 Å². The minimum Gasteiger partial charge on any atom is -0.466 e. The van der Waals surface area contributed by atoms with Crippen molar-refractivity contribution in [2.75, 3.05) is 39.8 Å². The van der Waals surface area contributed by atoms with Gasteiger partial charge in [-0.05, 0) is 20.0 Å². The third-order valence-corrected chi connectivity index (χ3v) is 9.84. The van der Waals surface area contributed by atoms with Crippen molar-refractivity contribution < 1.29 is 22.7 Å². The highest BCUT2D eigenvalue weighted by atomic mass is 32.2. The van der Waals surface area contributed by atoms with Gasteiger partial charge >= 0.3 is 16.2 Å². The number of aromatic nitrogens is 2. The van der Waals surface area contributed by atoms with Crippen molar-refractivity contribution >= 4 is 50.0 Å². The first-order chi connectivity index (χ1) is 18.6. The van der Waals surface area contributed by atoms with Gasteiger partial charge in [0, 0.05) is 72.8 Å².